The Labute approximate surface area is 303 Å². The van der Waals surface area contributed by atoms with Gasteiger partial charge in [-0.05, 0) is 82.5 Å². The first-order valence-electron chi connectivity index (χ1n) is 17.4. The molecule has 6 rings (SSSR count). The van der Waals surface area contributed by atoms with Crippen molar-refractivity contribution in [1.82, 2.24) is 4.98 Å². The van der Waals surface area contributed by atoms with Gasteiger partial charge in [-0.25, -0.2) is 0 Å². The molecule has 0 amide bonds. The zero-order valence-electron chi connectivity index (χ0n) is 29.5. The van der Waals surface area contributed by atoms with Gasteiger partial charge in [0.1, 0.15) is 17.9 Å². The van der Waals surface area contributed by atoms with Crippen molar-refractivity contribution in [1.29, 1.82) is 0 Å². The van der Waals surface area contributed by atoms with Crippen LogP contribution in [0.15, 0.2) is 108 Å². The number of aromatic nitrogens is 1. The average molecular weight is 702 g/mol. The predicted molar refractivity (Wildman–Crippen MR) is 202 cm³/mol. The first-order chi connectivity index (χ1) is 25.2. The second-order valence-electron chi connectivity index (χ2n) is 13.6. The summed E-state index contributed by atoms with van der Waals surface area (Å²) in [5.41, 5.74) is 3.96. The number of aromatic amines is 1. The number of H-pyrrole nitrogens is 1. The van der Waals surface area contributed by atoms with E-state index >= 15 is 0 Å². The Morgan fingerprint density at radius 1 is 0.904 bits per heavy atom. The smallest absolute Gasteiger partial charge is 0.176 e. The zero-order chi connectivity index (χ0) is 36.7. The minimum atomic E-state index is -1.28. The molecule has 0 unspecified atom stereocenters. The van der Waals surface area contributed by atoms with E-state index in [1.54, 1.807) is 31.0 Å². The van der Waals surface area contributed by atoms with Crippen molar-refractivity contribution in [3.05, 3.63) is 137 Å². The molecule has 9 heteroatoms. The molecular weight excluding hydrogens is 656 g/mol. The van der Waals surface area contributed by atoms with Gasteiger partial charge in [0, 0.05) is 37.2 Å². The molecule has 0 saturated carbocycles. The molecule has 268 valence electrons. The molecule has 1 aliphatic heterocycles. The number of ketones is 1. The van der Waals surface area contributed by atoms with E-state index < -0.39 is 24.0 Å². The van der Waals surface area contributed by atoms with Gasteiger partial charge in [0.25, 0.3) is 0 Å². The normalized spacial score (nSPS) is 14.7. The van der Waals surface area contributed by atoms with Crippen molar-refractivity contribution in [3.8, 4) is 23.0 Å². The number of carbonyl (C=O) groups excluding carboxylic acids is 1. The quantitative estimate of drug-likeness (QED) is 0.0680. The van der Waals surface area contributed by atoms with Gasteiger partial charge in [-0.3, -0.25) is 4.79 Å². The van der Waals surface area contributed by atoms with Crippen molar-refractivity contribution in [2.24, 2.45) is 16.3 Å². The van der Waals surface area contributed by atoms with Gasteiger partial charge in [0.2, 0.25) is 0 Å². The topological polar surface area (TPSA) is 145 Å². The van der Waals surface area contributed by atoms with Gasteiger partial charge in [0.05, 0.1) is 38.4 Å². The van der Waals surface area contributed by atoms with Crippen molar-refractivity contribution in [2.75, 3.05) is 20.8 Å². The first kappa shape index (κ1) is 36.3. The Bertz CT molecular complexity index is 2060. The molecule has 0 aliphatic carbocycles. The summed E-state index contributed by atoms with van der Waals surface area (Å²) in [6, 6.07) is 24.6. The molecule has 4 aromatic carbocycles. The van der Waals surface area contributed by atoms with Crippen molar-refractivity contribution in [2.45, 2.75) is 44.6 Å². The van der Waals surface area contributed by atoms with E-state index in [1.807, 2.05) is 48.8 Å². The monoisotopic (exact) mass is 701 g/mol. The van der Waals surface area contributed by atoms with Crippen LogP contribution in [0.5, 0.6) is 23.0 Å². The van der Waals surface area contributed by atoms with Crippen LogP contribution in [0.25, 0.3) is 10.8 Å². The third-order valence-corrected chi connectivity index (χ3v) is 10.2. The van der Waals surface area contributed by atoms with Crippen molar-refractivity contribution in [3.63, 3.8) is 0 Å². The number of aliphatic hydroxyl groups excluding tert-OH is 2. The summed E-state index contributed by atoms with van der Waals surface area (Å²) in [6.07, 6.45) is 7.65. The highest BCUT2D eigenvalue weighted by Gasteiger charge is 2.42. The molecule has 52 heavy (non-hydrogen) atoms. The van der Waals surface area contributed by atoms with Gasteiger partial charge in [-0.15, -0.1) is 4.99 Å². The van der Waals surface area contributed by atoms with E-state index in [0.29, 0.717) is 30.6 Å². The van der Waals surface area contributed by atoms with Crippen LogP contribution in [0.3, 0.4) is 0 Å². The highest BCUT2D eigenvalue weighted by Crippen LogP contribution is 2.39. The van der Waals surface area contributed by atoms with Crippen LogP contribution in [-0.4, -0.2) is 64.3 Å². The maximum Gasteiger partial charge on any atom is 0.176 e. The number of aromatic hydroxyl groups is 2. The molecule has 5 aromatic rings. The number of fused-ring (bicyclic) bond motifs is 1. The Morgan fingerprint density at radius 3 is 2.44 bits per heavy atom. The Kier molecular flexibility index (Phi) is 11.3. The maximum atomic E-state index is 14.5. The molecule has 2 heterocycles. The number of hydrogen-bond donors (Lipinski definition) is 5. The number of nitrogens with one attached hydrogen (secondary N) is 1. The first-order valence-corrected chi connectivity index (χ1v) is 17.4. The number of benzene rings is 4. The molecule has 1 aromatic heterocycles. The lowest BCUT2D eigenvalue weighted by Crippen LogP contribution is -2.41. The third kappa shape index (κ3) is 8.01. The fraction of sp³-hybridized carbons (Fsp3) is 0.279. The molecule has 3 atom stereocenters. The number of methoxy groups -OCH3 is 2. The zero-order valence-corrected chi connectivity index (χ0v) is 29.5. The molecular formula is C43H45N2O7+. The number of ether oxygens (including phenoxy) is 2. The van der Waals surface area contributed by atoms with E-state index in [9.17, 15) is 25.2 Å². The summed E-state index contributed by atoms with van der Waals surface area (Å²) in [4.78, 5) is 21.8. The Balaban J connectivity index is 1.33. The number of phenolic OH excluding ortho intramolecular Hbond substituents is 2. The van der Waals surface area contributed by atoms with Gasteiger partial charge in [-0.1, -0.05) is 54.6 Å². The van der Waals surface area contributed by atoms with E-state index in [-0.39, 0.29) is 42.3 Å². The van der Waals surface area contributed by atoms with Crippen molar-refractivity contribution >= 4 is 22.8 Å². The van der Waals surface area contributed by atoms with Crippen LogP contribution in [0.2, 0.25) is 0 Å². The fourth-order valence-electron chi connectivity index (χ4n) is 7.39. The lowest BCUT2D eigenvalue weighted by atomic mass is 9.71. The van der Waals surface area contributed by atoms with Gasteiger partial charge in [-0.2, -0.15) is 0 Å². The van der Waals surface area contributed by atoms with E-state index in [0.717, 1.165) is 38.6 Å². The molecule has 0 bridgehead atoms. The number of rotatable bonds is 17. The summed E-state index contributed by atoms with van der Waals surface area (Å²) in [6.45, 7) is 1.19. The Morgan fingerprint density at radius 2 is 1.71 bits per heavy atom. The minimum absolute atomic E-state index is 0.0267. The summed E-state index contributed by atoms with van der Waals surface area (Å²) in [5.74, 6) is -0.0495. The molecule has 5 N–H and O–H groups in total. The number of phenols is 2. The van der Waals surface area contributed by atoms with Gasteiger partial charge in [0.15, 0.2) is 29.2 Å². The average Bonchev–Trinajstić information content (AvgIpc) is 3.88. The van der Waals surface area contributed by atoms with E-state index in [4.69, 9.17) is 9.47 Å². The second-order valence-corrected chi connectivity index (χ2v) is 13.6. The van der Waals surface area contributed by atoms with Crippen LogP contribution < -0.4 is 9.47 Å². The lowest BCUT2D eigenvalue weighted by Gasteiger charge is -2.32. The second kappa shape index (κ2) is 16.2. The Hall–Kier alpha value is -5.51. The van der Waals surface area contributed by atoms with Crippen LogP contribution >= 0.6 is 0 Å². The number of allylic oxidation sites excluding steroid dienone is 1. The summed E-state index contributed by atoms with van der Waals surface area (Å²) in [5, 5.41) is 46.3. The summed E-state index contributed by atoms with van der Waals surface area (Å²) >= 11 is 0. The standard InChI is InChI=1S/C43H44N2O7/c1-51-40-19-28(10-12-37(40)47)23-43(27-46,24-30-15-17-45-26-30)41(50)22-39(49)34(18-29-14-16-44-25-29)20-33-11-13-38(48)42(52-2)36(33)21-32-8-5-7-31-6-3-4-9-35(31)32/h3-17,19,25-26,34,39,44,46,49H,18,20-24,27H2,1-2H3,(H-,47,48)/p+1/t34-,39-,43-/m1/s1. The molecule has 9 nitrogen and oxygen atoms in total. The predicted octanol–water partition coefficient (Wildman–Crippen LogP) is 6.69. The van der Waals surface area contributed by atoms with Crippen LogP contribution in [0.4, 0.5) is 0 Å². The van der Waals surface area contributed by atoms with E-state index in [1.165, 1.54) is 20.3 Å². The largest absolute Gasteiger partial charge is 0.504 e. The summed E-state index contributed by atoms with van der Waals surface area (Å²) < 4.78 is 11.1. The van der Waals surface area contributed by atoms with Crippen LogP contribution in [0, 0.1) is 17.9 Å². The van der Waals surface area contributed by atoms with Gasteiger partial charge >= 0.3 is 0 Å². The van der Waals surface area contributed by atoms with Gasteiger partial charge < -0.3 is 34.9 Å². The molecule has 0 fully saturated rings. The fourth-order valence-corrected chi connectivity index (χ4v) is 7.39. The van der Waals surface area contributed by atoms with Crippen LogP contribution in [0.1, 0.15) is 40.7 Å². The molecule has 0 saturated heterocycles. The number of Topliss-reactive ketones (excluding diaryl/α,β-unsaturated/α-hetero) is 1. The highest BCUT2D eigenvalue weighted by molar-refractivity contribution is 5.89. The number of hydrogen-bond acceptors (Lipinski definition) is 8. The molecule has 1 aliphatic rings. The van der Waals surface area contributed by atoms with E-state index in [2.05, 4.69) is 34.2 Å². The molecule has 0 spiro atoms. The maximum absolute atomic E-state index is 14.5. The minimum Gasteiger partial charge on any atom is -0.504 e. The van der Waals surface area contributed by atoms with Crippen molar-refractivity contribution < 1.29 is 34.7 Å². The number of aliphatic hydroxyl groups is 2. The summed E-state index contributed by atoms with van der Waals surface area (Å²) in [7, 11) is 2.99. The third-order valence-electron chi connectivity index (χ3n) is 10.2. The number of carbonyl (C=O) groups is 1. The molecule has 0 radical (unpaired) electrons. The lowest BCUT2D eigenvalue weighted by molar-refractivity contribution is -0.134. The number of aliphatic imine (C=N–C) groups is 1. The van der Waals surface area contributed by atoms with Crippen LogP contribution in [-0.2, 0) is 30.5 Å². The number of nitrogens with zero attached hydrogens (tertiary/aromatic N) is 1. The SMILES string of the molecule is COc1cc(C[C@](CO)(CC2=C[CH+]N=C2)C(=O)C[C@@H](O)[C@H](Cc2cc[nH]c2)Cc2ccc(O)c(OC)c2Cc2cccc3ccccc23)ccc1O. The highest BCUT2D eigenvalue weighted by atomic mass is 16.5.